The summed E-state index contributed by atoms with van der Waals surface area (Å²) in [4.78, 5) is 15.0. The minimum absolute atomic E-state index is 0.0220. The molecule has 0 aliphatic heterocycles. The molecule has 2 aromatic carbocycles. The molecule has 0 saturated heterocycles. The van der Waals surface area contributed by atoms with Crippen molar-refractivity contribution in [3.63, 3.8) is 0 Å². The van der Waals surface area contributed by atoms with E-state index in [9.17, 15) is 4.79 Å². The first-order chi connectivity index (χ1) is 12.4. The van der Waals surface area contributed by atoms with E-state index < -0.39 is 6.09 Å². The van der Waals surface area contributed by atoms with E-state index in [-0.39, 0.29) is 6.10 Å². The maximum atomic E-state index is 10.6. The smallest absolute Gasteiger partial charge is 0.409 e. The molecule has 1 aromatic heterocycles. The van der Waals surface area contributed by atoms with E-state index in [1.54, 1.807) is 42.5 Å². The lowest BCUT2D eigenvalue weighted by atomic mass is 10.2. The van der Waals surface area contributed by atoms with Gasteiger partial charge in [0.05, 0.1) is 11.1 Å². The van der Waals surface area contributed by atoms with E-state index in [1.807, 2.05) is 13.8 Å². The van der Waals surface area contributed by atoms with Gasteiger partial charge in [0.2, 0.25) is 5.82 Å². The van der Waals surface area contributed by atoms with Crippen LogP contribution in [0.5, 0.6) is 5.75 Å². The predicted molar refractivity (Wildman–Crippen MR) is 97.6 cm³/mol. The second-order valence-electron chi connectivity index (χ2n) is 5.74. The van der Waals surface area contributed by atoms with Crippen molar-refractivity contribution in [1.82, 2.24) is 10.1 Å². The average Bonchev–Trinajstić information content (AvgIpc) is 3.06. The summed E-state index contributed by atoms with van der Waals surface area (Å²) >= 11 is 6.24. The Hall–Kier alpha value is -3.06. The van der Waals surface area contributed by atoms with Gasteiger partial charge in [-0.15, -0.1) is 0 Å². The van der Waals surface area contributed by atoms with Crippen molar-refractivity contribution in [2.45, 2.75) is 20.0 Å². The highest BCUT2D eigenvalue weighted by Crippen LogP contribution is 2.31. The Kier molecular flexibility index (Phi) is 5.09. The second-order valence-corrected chi connectivity index (χ2v) is 6.15. The molecule has 0 spiro atoms. The maximum absolute atomic E-state index is 10.6. The molecule has 0 aliphatic carbocycles. The first-order valence-electron chi connectivity index (χ1n) is 7.83. The number of aromatic nitrogens is 2. The van der Waals surface area contributed by atoms with Crippen LogP contribution in [0.4, 0.5) is 10.5 Å². The number of carbonyl (C=O) groups is 1. The van der Waals surface area contributed by atoms with Crippen LogP contribution < -0.4 is 10.1 Å². The monoisotopic (exact) mass is 373 g/mol. The van der Waals surface area contributed by atoms with E-state index in [4.69, 9.17) is 26.0 Å². The first kappa shape index (κ1) is 17.8. The lowest BCUT2D eigenvalue weighted by molar-refractivity contribution is 0.209. The van der Waals surface area contributed by atoms with E-state index in [0.29, 0.717) is 39.3 Å². The van der Waals surface area contributed by atoms with Crippen molar-refractivity contribution in [2.75, 3.05) is 5.32 Å². The zero-order valence-electron chi connectivity index (χ0n) is 14.1. The third kappa shape index (κ3) is 4.12. The molecule has 0 aliphatic rings. The van der Waals surface area contributed by atoms with Crippen LogP contribution in [0.15, 0.2) is 47.0 Å². The largest absolute Gasteiger partial charge is 0.489 e. The number of amides is 1. The van der Waals surface area contributed by atoms with E-state index in [1.165, 1.54) is 0 Å². The highest BCUT2D eigenvalue weighted by Gasteiger charge is 2.13. The minimum Gasteiger partial charge on any atom is -0.489 e. The van der Waals surface area contributed by atoms with Crippen LogP contribution >= 0.6 is 11.6 Å². The molecule has 134 valence electrons. The van der Waals surface area contributed by atoms with Crippen LogP contribution in [0.2, 0.25) is 5.02 Å². The van der Waals surface area contributed by atoms with Crippen molar-refractivity contribution in [3.8, 4) is 28.6 Å². The Morgan fingerprint density at radius 3 is 2.50 bits per heavy atom. The fourth-order valence-electron chi connectivity index (χ4n) is 2.27. The highest BCUT2D eigenvalue weighted by atomic mass is 35.5. The third-order valence-corrected chi connectivity index (χ3v) is 3.66. The number of hydrogen-bond acceptors (Lipinski definition) is 5. The van der Waals surface area contributed by atoms with E-state index in [0.717, 1.165) is 0 Å². The van der Waals surface area contributed by atoms with Gasteiger partial charge in [0.25, 0.3) is 5.89 Å². The topological polar surface area (TPSA) is 97.5 Å². The molecule has 0 bridgehead atoms. The van der Waals surface area contributed by atoms with Crippen LogP contribution in [0, 0.1) is 0 Å². The number of carboxylic acid groups (broad SMARTS) is 1. The summed E-state index contributed by atoms with van der Waals surface area (Å²) < 4.78 is 10.9. The summed E-state index contributed by atoms with van der Waals surface area (Å²) in [5.41, 5.74) is 1.82. The highest BCUT2D eigenvalue weighted by molar-refractivity contribution is 6.32. The molecule has 0 fully saturated rings. The van der Waals surface area contributed by atoms with Crippen molar-refractivity contribution >= 4 is 23.4 Å². The fourth-order valence-corrected chi connectivity index (χ4v) is 2.49. The lowest BCUT2D eigenvalue weighted by Crippen LogP contribution is -2.06. The summed E-state index contributed by atoms with van der Waals surface area (Å²) in [6.07, 6.45) is -1.10. The molecule has 1 heterocycles. The Morgan fingerprint density at radius 2 is 1.88 bits per heavy atom. The summed E-state index contributed by atoms with van der Waals surface area (Å²) in [5.74, 6) is 1.31. The van der Waals surface area contributed by atoms with Crippen molar-refractivity contribution < 1.29 is 19.2 Å². The van der Waals surface area contributed by atoms with Gasteiger partial charge in [-0.1, -0.05) is 16.8 Å². The molecule has 2 N–H and O–H groups in total. The van der Waals surface area contributed by atoms with Crippen molar-refractivity contribution in [2.24, 2.45) is 0 Å². The van der Waals surface area contributed by atoms with Gasteiger partial charge in [0.1, 0.15) is 5.75 Å². The summed E-state index contributed by atoms with van der Waals surface area (Å²) in [5, 5.41) is 15.4. The van der Waals surface area contributed by atoms with Crippen molar-refractivity contribution in [3.05, 3.63) is 47.5 Å². The van der Waals surface area contributed by atoms with E-state index in [2.05, 4.69) is 15.5 Å². The second kappa shape index (κ2) is 7.45. The van der Waals surface area contributed by atoms with Crippen LogP contribution in [-0.4, -0.2) is 27.4 Å². The molecule has 0 saturated carbocycles. The number of rotatable bonds is 5. The van der Waals surface area contributed by atoms with Gasteiger partial charge in [-0.05, 0) is 56.3 Å². The van der Waals surface area contributed by atoms with Crippen LogP contribution in [0.25, 0.3) is 22.8 Å². The Labute approximate surface area is 154 Å². The SMILES string of the molecule is CC(C)Oc1ccc(-c2noc(-c3ccc(NC(=O)O)cc3)n2)cc1Cl. The lowest BCUT2D eigenvalue weighted by Gasteiger charge is -2.11. The molecular weight excluding hydrogens is 358 g/mol. The van der Waals surface area contributed by atoms with Gasteiger partial charge < -0.3 is 14.4 Å². The number of ether oxygens (including phenoxy) is 1. The minimum atomic E-state index is -1.13. The van der Waals surface area contributed by atoms with Crippen molar-refractivity contribution in [1.29, 1.82) is 0 Å². The molecule has 3 aromatic rings. The Balaban J connectivity index is 1.81. The molecule has 1 amide bonds. The summed E-state index contributed by atoms with van der Waals surface area (Å²) in [6, 6.07) is 11.9. The number of nitrogens with one attached hydrogen (secondary N) is 1. The van der Waals surface area contributed by atoms with Gasteiger partial charge >= 0.3 is 6.09 Å². The Morgan fingerprint density at radius 1 is 1.19 bits per heavy atom. The number of benzene rings is 2. The van der Waals surface area contributed by atoms with Gasteiger partial charge in [-0.25, -0.2) is 4.79 Å². The quantitative estimate of drug-likeness (QED) is 0.657. The van der Waals surface area contributed by atoms with Gasteiger partial charge in [-0.3, -0.25) is 5.32 Å². The number of anilines is 1. The molecule has 8 heteroatoms. The average molecular weight is 374 g/mol. The molecular formula is C18H16ClN3O4. The molecule has 26 heavy (non-hydrogen) atoms. The standard InChI is InChI=1S/C18H16ClN3O4/c1-10(2)25-15-8-5-12(9-14(15)19)16-21-17(26-22-16)11-3-6-13(7-4-11)20-18(23)24/h3-10,20H,1-2H3,(H,23,24). The normalized spacial score (nSPS) is 10.8. The van der Waals surface area contributed by atoms with Gasteiger partial charge in [0.15, 0.2) is 0 Å². The van der Waals surface area contributed by atoms with Gasteiger partial charge in [0, 0.05) is 16.8 Å². The first-order valence-corrected chi connectivity index (χ1v) is 8.21. The molecule has 0 radical (unpaired) electrons. The third-order valence-electron chi connectivity index (χ3n) is 3.36. The number of hydrogen-bond donors (Lipinski definition) is 2. The molecule has 3 rings (SSSR count). The Bertz CT molecular complexity index is 922. The fraction of sp³-hybridized carbons (Fsp3) is 0.167. The van der Waals surface area contributed by atoms with Crippen LogP contribution in [0.3, 0.4) is 0 Å². The predicted octanol–water partition coefficient (Wildman–Crippen LogP) is 4.93. The maximum Gasteiger partial charge on any atom is 0.409 e. The summed E-state index contributed by atoms with van der Waals surface area (Å²) in [6.45, 7) is 3.85. The molecule has 0 unspecified atom stereocenters. The summed E-state index contributed by atoms with van der Waals surface area (Å²) in [7, 11) is 0. The number of halogens is 1. The van der Waals surface area contributed by atoms with Crippen LogP contribution in [-0.2, 0) is 0 Å². The van der Waals surface area contributed by atoms with Crippen LogP contribution in [0.1, 0.15) is 13.8 Å². The molecule has 7 nitrogen and oxygen atoms in total. The van der Waals surface area contributed by atoms with Gasteiger partial charge in [-0.2, -0.15) is 4.98 Å². The zero-order valence-corrected chi connectivity index (χ0v) is 14.8. The zero-order chi connectivity index (χ0) is 18.7. The number of nitrogens with zero attached hydrogens (tertiary/aromatic N) is 2. The van der Waals surface area contributed by atoms with E-state index >= 15 is 0 Å². The molecule has 0 atom stereocenters.